The number of carboxylic acid groups (broad SMARTS) is 1. The van der Waals surface area contributed by atoms with E-state index >= 15 is 0 Å². The first-order chi connectivity index (χ1) is 17.5. The molecule has 0 spiro atoms. The number of aliphatic carboxylic acids is 1. The molecule has 14 heteroatoms. The number of methoxy groups -OCH3 is 1. The third kappa shape index (κ3) is 4.28. The highest BCUT2D eigenvalue weighted by molar-refractivity contribution is 6.02. The first kappa shape index (κ1) is 25.0. The average molecular weight is 523 g/mol. The van der Waals surface area contributed by atoms with Crippen molar-refractivity contribution in [1.82, 2.24) is 19.7 Å². The zero-order valence-electron chi connectivity index (χ0n) is 19.7. The Morgan fingerprint density at radius 2 is 1.89 bits per heavy atom. The van der Waals surface area contributed by atoms with E-state index in [1.54, 1.807) is 0 Å². The smallest absolute Gasteiger partial charge is 0.475 e. The SMILES string of the molecule is COC(=O)C1CC(n2c3c(c4c(N)ncnc42)-c2noc(C4CC4)c2C(O)CC3)C1.O=C(O)C(F)(F)F. The highest BCUT2D eigenvalue weighted by Gasteiger charge is 2.43. The minimum Gasteiger partial charge on any atom is -0.475 e. The van der Waals surface area contributed by atoms with Gasteiger partial charge in [-0.15, -0.1) is 0 Å². The van der Waals surface area contributed by atoms with Gasteiger partial charge in [-0.3, -0.25) is 4.79 Å². The molecule has 11 nitrogen and oxygen atoms in total. The van der Waals surface area contributed by atoms with E-state index in [9.17, 15) is 23.1 Å². The molecule has 1 unspecified atom stereocenters. The molecule has 1 atom stereocenters. The van der Waals surface area contributed by atoms with Crippen molar-refractivity contribution in [2.24, 2.45) is 5.92 Å². The second-order valence-corrected chi connectivity index (χ2v) is 9.44. The predicted octanol–water partition coefficient (Wildman–Crippen LogP) is 3.28. The summed E-state index contributed by atoms with van der Waals surface area (Å²) in [5.41, 5.74) is 10.4. The summed E-state index contributed by atoms with van der Waals surface area (Å²) in [5.74, 6) is -1.51. The number of hydrogen-bond acceptors (Lipinski definition) is 9. The number of halogens is 3. The van der Waals surface area contributed by atoms with Gasteiger partial charge in [0.1, 0.15) is 29.2 Å². The number of esters is 1. The quantitative estimate of drug-likeness (QED) is 0.434. The second-order valence-electron chi connectivity index (χ2n) is 9.44. The summed E-state index contributed by atoms with van der Waals surface area (Å²) < 4.78 is 44.5. The van der Waals surface area contributed by atoms with Crippen LogP contribution in [0.2, 0.25) is 0 Å². The van der Waals surface area contributed by atoms with Crippen LogP contribution in [0.1, 0.15) is 67.2 Å². The lowest BCUT2D eigenvalue weighted by Crippen LogP contribution is -2.34. The zero-order valence-corrected chi connectivity index (χ0v) is 19.7. The Hall–Kier alpha value is -3.68. The van der Waals surface area contributed by atoms with Crippen molar-refractivity contribution >= 4 is 28.8 Å². The number of anilines is 1. The molecule has 3 aromatic heterocycles. The Morgan fingerprint density at radius 1 is 1.22 bits per heavy atom. The van der Waals surface area contributed by atoms with Gasteiger partial charge in [0.15, 0.2) is 0 Å². The summed E-state index contributed by atoms with van der Waals surface area (Å²) in [6, 6.07) is 0.114. The maximum absolute atomic E-state index is 11.9. The van der Waals surface area contributed by atoms with Crippen molar-refractivity contribution in [2.45, 2.75) is 62.8 Å². The molecule has 37 heavy (non-hydrogen) atoms. The molecule has 3 heterocycles. The Labute approximate surface area is 207 Å². The van der Waals surface area contributed by atoms with Gasteiger partial charge < -0.3 is 29.8 Å². The van der Waals surface area contributed by atoms with Crippen LogP contribution in [-0.4, -0.2) is 55.1 Å². The van der Waals surface area contributed by atoms with Crippen molar-refractivity contribution in [3.63, 3.8) is 0 Å². The Bertz CT molecular complexity index is 1370. The molecule has 0 bridgehead atoms. The molecule has 0 amide bonds. The Morgan fingerprint density at radius 3 is 2.49 bits per heavy atom. The number of ether oxygens (including phenoxy) is 1. The fourth-order valence-electron chi connectivity index (χ4n) is 5.13. The zero-order chi connectivity index (χ0) is 26.6. The number of carboxylic acids is 1. The molecule has 3 aliphatic rings. The van der Waals surface area contributed by atoms with Crippen molar-refractivity contribution in [3.8, 4) is 11.3 Å². The van der Waals surface area contributed by atoms with Gasteiger partial charge in [0.2, 0.25) is 0 Å². The lowest BCUT2D eigenvalue weighted by Gasteiger charge is -2.35. The van der Waals surface area contributed by atoms with Crippen LogP contribution in [0, 0.1) is 5.92 Å². The number of carbonyl (C=O) groups is 2. The number of hydrogen-bond donors (Lipinski definition) is 3. The molecule has 0 aromatic carbocycles. The van der Waals surface area contributed by atoms with E-state index < -0.39 is 18.2 Å². The van der Waals surface area contributed by atoms with Crippen LogP contribution in [0.15, 0.2) is 10.9 Å². The van der Waals surface area contributed by atoms with Crippen LogP contribution in [0.25, 0.3) is 22.3 Å². The van der Waals surface area contributed by atoms with Gasteiger partial charge in [0, 0.05) is 23.2 Å². The summed E-state index contributed by atoms with van der Waals surface area (Å²) >= 11 is 0. The van der Waals surface area contributed by atoms with Crippen LogP contribution in [0.5, 0.6) is 0 Å². The predicted molar refractivity (Wildman–Crippen MR) is 120 cm³/mol. The highest BCUT2D eigenvalue weighted by atomic mass is 19.4. The largest absolute Gasteiger partial charge is 0.490 e. The van der Waals surface area contributed by atoms with Gasteiger partial charge in [-0.25, -0.2) is 14.8 Å². The number of nitrogens with zero attached hydrogens (tertiary/aromatic N) is 4. The van der Waals surface area contributed by atoms with Crippen molar-refractivity contribution in [3.05, 3.63) is 23.3 Å². The number of nitrogens with two attached hydrogens (primary N) is 1. The van der Waals surface area contributed by atoms with E-state index in [0.717, 1.165) is 46.5 Å². The first-order valence-electron chi connectivity index (χ1n) is 11.7. The molecule has 3 aromatic rings. The number of aromatic nitrogens is 4. The molecule has 3 aliphatic carbocycles. The number of rotatable bonds is 3. The van der Waals surface area contributed by atoms with E-state index in [0.29, 0.717) is 43.1 Å². The van der Waals surface area contributed by atoms with Gasteiger partial charge in [0.25, 0.3) is 0 Å². The molecule has 6 rings (SSSR count). The molecule has 2 saturated carbocycles. The summed E-state index contributed by atoms with van der Waals surface area (Å²) in [7, 11) is 1.42. The van der Waals surface area contributed by atoms with E-state index in [1.165, 1.54) is 13.4 Å². The second kappa shape index (κ2) is 9.01. The monoisotopic (exact) mass is 523 g/mol. The summed E-state index contributed by atoms with van der Waals surface area (Å²) in [4.78, 5) is 29.6. The maximum Gasteiger partial charge on any atom is 0.490 e. The van der Waals surface area contributed by atoms with E-state index in [1.807, 2.05) is 0 Å². The van der Waals surface area contributed by atoms with Gasteiger partial charge in [-0.05, 0) is 38.5 Å². The Kier molecular flexibility index (Phi) is 6.09. The Balaban J connectivity index is 0.000000355. The van der Waals surface area contributed by atoms with E-state index in [2.05, 4.69) is 19.7 Å². The first-order valence-corrected chi connectivity index (χ1v) is 11.7. The van der Waals surface area contributed by atoms with E-state index in [4.69, 9.17) is 24.9 Å². The maximum atomic E-state index is 11.9. The van der Waals surface area contributed by atoms with Crippen LogP contribution >= 0.6 is 0 Å². The number of nitrogen functional groups attached to an aromatic ring is 1. The number of fused-ring (bicyclic) bond motifs is 5. The van der Waals surface area contributed by atoms with Crippen molar-refractivity contribution in [2.75, 3.05) is 12.8 Å². The number of aliphatic hydroxyl groups is 1. The third-order valence-corrected chi connectivity index (χ3v) is 7.10. The van der Waals surface area contributed by atoms with Gasteiger partial charge in [0.05, 0.1) is 30.1 Å². The summed E-state index contributed by atoms with van der Waals surface area (Å²) in [6.07, 6.45) is 0.481. The standard InChI is InChI=1S/C21H23N5O4.C2HF3O2/c1-29-21(28)10-6-11(7-10)26-12-4-5-13(27)15-17(25-30-18(15)9-2-3-9)14(12)16-19(22)23-8-24-20(16)26;3-2(4,5)1(6)7/h8-11,13,27H,2-7H2,1H3,(H2,22,23,24);(H,6,7). The number of alkyl halides is 3. The van der Waals surface area contributed by atoms with Gasteiger partial charge in [-0.1, -0.05) is 5.16 Å². The van der Waals surface area contributed by atoms with Crippen LogP contribution in [0.4, 0.5) is 19.0 Å². The average Bonchev–Trinajstić information content (AvgIpc) is 3.51. The normalized spacial score (nSPS) is 22.7. The minimum atomic E-state index is -5.08. The molecule has 0 aliphatic heterocycles. The molecule has 0 radical (unpaired) electrons. The molecular formula is C23H24F3N5O6. The fraction of sp³-hybridized carbons (Fsp3) is 0.522. The number of aliphatic hydroxyl groups excluding tert-OH is 1. The molecule has 0 saturated heterocycles. The number of carbonyl (C=O) groups excluding carboxylic acids is 1. The third-order valence-electron chi connectivity index (χ3n) is 7.10. The lowest BCUT2D eigenvalue weighted by atomic mass is 9.80. The topological polar surface area (TPSA) is 167 Å². The molecule has 4 N–H and O–H groups in total. The van der Waals surface area contributed by atoms with Crippen LogP contribution in [-0.2, 0) is 20.7 Å². The van der Waals surface area contributed by atoms with Crippen molar-refractivity contribution < 1.29 is 42.2 Å². The van der Waals surface area contributed by atoms with Gasteiger partial charge in [-0.2, -0.15) is 13.2 Å². The van der Waals surface area contributed by atoms with E-state index in [-0.39, 0.29) is 17.9 Å². The van der Waals surface area contributed by atoms with Crippen LogP contribution < -0.4 is 5.73 Å². The van der Waals surface area contributed by atoms with Gasteiger partial charge >= 0.3 is 18.1 Å². The fourth-order valence-corrected chi connectivity index (χ4v) is 5.13. The highest BCUT2D eigenvalue weighted by Crippen LogP contribution is 2.52. The molecule has 198 valence electrons. The summed E-state index contributed by atoms with van der Waals surface area (Å²) in [6.45, 7) is 0. The minimum absolute atomic E-state index is 0.104. The van der Waals surface area contributed by atoms with Crippen molar-refractivity contribution in [1.29, 1.82) is 0 Å². The van der Waals surface area contributed by atoms with Crippen LogP contribution in [0.3, 0.4) is 0 Å². The lowest BCUT2D eigenvalue weighted by molar-refractivity contribution is -0.192. The molecular weight excluding hydrogens is 499 g/mol. The molecule has 2 fully saturated rings. The summed E-state index contributed by atoms with van der Waals surface area (Å²) in [5, 5.41) is 23.2.